The van der Waals surface area contributed by atoms with Gasteiger partial charge in [-0.25, -0.2) is 0 Å². The molecule has 0 bridgehead atoms. The van der Waals surface area contributed by atoms with Crippen molar-refractivity contribution < 1.29 is 4.42 Å². The van der Waals surface area contributed by atoms with Gasteiger partial charge < -0.3 is 9.32 Å². The third kappa shape index (κ3) is 3.86. The molecule has 2 aliphatic heterocycles. The van der Waals surface area contributed by atoms with Crippen LogP contribution in [0.1, 0.15) is 47.4 Å². The van der Waals surface area contributed by atoms with E-state index in [9.17, 15) is 5.26 Å². The summed E-state index contributed by atoms with van der Waals surface area (Å²) in [5.41, 5.74) is 11.3. The van der Waals surface area contributed by atoms with E-state index in [0.29, 0.717) is 5.56 Å². The van der Waals surface area contributed by atoms with Gasteiger partial charge in [-0.15, -0.1) is 0 Å². The highest BCUT2D eigenvalue weighted by molar-refractivity contribution is 6.07. The Hall–Kier alpha value is -5.40. The molecular weight excluding hydrogens is 538 g/mol. The summed E-state index contributed by atoms with van der Waals surface area (Å²) >= 11 is 0. The molecule has 0 radical (unpaired) electrons. The van der Waals surface area contributed by atoms with Gasteiger partial charge in [-0.1, -0.05) is 60.7 Å². The highest BCUT2D eigenvalue weighted by atomic mass is 16.3. The van der Waals surface area contributed by atoms with E-state index >= 15 is 0 Å². The quantitative estimate of drug-likeness (QED) is 0.214. The van der Waals surface area contributed by atoms with Crippen LogP contribution in [0.2, 0.25) is 0 Å². The average Bonchev–Trinajstić information content (AvgIpc) is 3.63. The average molecular weight is 568 g/mol. The Balaban J connectivity index is 1.18. The van der Waals surface area contributed by atoms with Crippen molar-refractivity contribution >= 4 is 61.4 Å². The van der Waals surface area contributed by atoms with Crippen molar-refractivity contribution in [3.63, 3.8) is 0 Å². The van der Waals surface area contributed by atoms with Crippen LogP contribution in [0.15, 0.2) is 119 Å². The molecule has 0 fully saturated rings. The highest BCUT2D eigenvalue weighted by Gasteiger charge is 2.40. The first-order valence-corrected chi connectivity index (χ1v) is 15.4. The molecule has 2 atom stereocenters. The number of rotatable bonds is 3. The lowest BCUT2D eigenvalue weighted by Gasteiger charge is -2.32. The number of para-hydroxylation sites is 1. The van der Waals surface area contributed by atoms with E-state index in [1.807, 2.05) is 18.2 Å². The van der Waals surface area contributed by atoms with Gasteiger partial charge in [0.1, 0.15) is 11.2 Å². The van der Waals surface area contributed by atoms with E-state index < -0.39 is 0 Å². The Morgan fingerprint density at radius 3 is 2.64 bits per heavy atom. The van der Waals surface area contributed by atoms with E-state index in [4.69, 9.17) is 4.42 Å². The zero-order chi connectivity index (χ0) is 29.2. The van der Waals surface area contributed by atoms with Crippen molar-refractivity contribution in [2.75, 3.05) is 11.4 Å². The van der Waals surface area contributed by atoms with Crippen molar-refractivity contribution in [3.8, 4) is 6.07 Å². The van der Waals surface area contributed by atoms with Gasteiger partial charge in [0.25, 0.3) is 0 Å². The largest absolute Gasteiger partial charge is 0.456 e. The van der Waals surface area contributed by atoms with Gasteiger partial charge in [-0.3, -0.25) is 4.99 Å². The summed E-state index contributed by atoms with van der Waals surface area (Å²) in [4.78, 5) is 7.17. The lowest BCUT2D eigenvalue weighted by molar-refractivity contribution is 0.589. The topological polar surface area (TPSA) is 52.5 Å². The molecule has 0 saturated carbocycles. The van der Waals surface area contributed by atoms with Crippen LogP contribution in [-0.2, 0) is 0 Å². The van der Waals surface area contributed by atoms with Gasteiger partial charge in [0.15, 0.2) is 0 Å². The standard InChI is InChI=1S/C40H29N3O/c41-23-25-12-14-37-34(18-25)36-24-42-17-16-38(36)43(37)30-20-29-6-1-2-9-31(29)33(22-30)28-8-5-7-26(19-28)27-13-15-40-35(21-27)32-10-3-4-11-39(32)44-40/h1-4,6-7,9-15,18-22,24,36,38H,5,8,16-17H2. The Morgan fingerprint density at radius 1 is 0.841 bits per heavy atom. The molecule has 1 aromatic heterocycles. The Kier molecular flexibility index (Phi) is 5.61. The number of benzene rings is 5. The summed E-state index contributed by atoms with van der Waals surface area (Å²) in [6.45, 7) is 0.826. The van der Waals surface area contributed by atoms with Crippen molar-refractivity contribution in [2.24, 2.45) is 4.99 Å². The highest BCUT2D eigenvalue weighted by Crippen LogP contribution is 2.49. The summed E-state index contributed by atoms with van der Waals surface area (Å²) in [6, 6.07) is 37.1. The number of hydrogen-bond donors (Lipinski definition) is 0. The molecule has 4 heteroatoms. The van der Waals surface area contributed by atoms with Crippen LogP contribution in [0, 0.1) is 11.3 Å². The number of fused-ring (bicyclic) bond motifs is 7. The summed E-state index contributed by atoms with van der Waals surface area (Å²) in [5, 5.41) is 14.5. The molecule has 9 rings (SSSR count). The predicted octanol–water partition coefficient (Wildman–Crippen LogP) is 9.95. The molecule has 0 amide bonds. The van der Waals surface area contributed by atoms with E-state index in [1.165, 1.54) is 50.0 Å². The first-order valence-electron chi connectivity index (χ1n) is 15.4. The smallest absolute Gasteiger partial charge is 0.135 e. The van der Waals surface area contributed by atoms with Gasteiger partial charge in [0, 0.05) is 46.9 Å². The van der Waals surface area contributed by atoms with Gasteiger partial charge in [0.2, 0.25) is 0 Å². The minimum Gasteiger partial charge on any atom is -0.456 e. The fraction of sp³-hybridized carbons (Fsp3) is 0.150. The first-order chi connectivity index (χ1) is 21.7. The molecule has 3 heterocycles. The second kappa shape index (κ2) is 9.82. The van der Waals surface area contributed by atoms with E-state index in [-0.39, 0.29) is 12.0 Å². The van der Waals surface area contributed by atoms with Gasteiger partial charge >= 0.3 is 0 Å². The minimum absolute atomic E-state index is 0.194. The second-order valence-corrected chi connectivity index (χ2v) is 12.1. The molecule has 210 valence electrons. The molecule has 0 spiro atoms. The third-order valence-electron chi connectivity index (χ3n) is 9.63. The number of furan rings is 1. The molecule has 3 aliphatic rings. The van der Waals surface area contributed by atoms with Gasteiger partial charge in [0.05, 0.1) is 11.6 Å². The molecule has 2 unspecified atom stereocenters. The predicted molar refractivity (Wildman–Crippen MR) is 181 cm³/mol. The van der Waals surface area contributed by atoms with E-state index in [2.05, 4.69) is 113 Å². The van der Waals surface area contributed by atoms with Crippen molar-refractivity contribution in [1.29, 1.82) is 5.26 Å². The fourth-order valence-electron chi connectivity index (χ4n) is 7.59. The second-order valence-electron chi connectivity index (χ2n) is 12.1. The SMILES string of the molecule is N#Cc1ccc2c(c1)C1C=NCCC1N2c1cc(C2=CC(c3ccc4oc5ccccc5c4c3)=CCC2)c2ccccc2c1. The number of hydrogen-bond acceptors (Lipinski definition) is 4. The molecule has 1 aliphatic carbocycles. The molecule has 0 N–H and O–H groups in total. The van der Waals surface area contributed by atoms with Crippen molar-refractivity contribution in [1.82, 2.24) is 0 Å². The van der Waals surface area contributed by atoms with Gasteiger partial charge in [-0.2, -0.15) is 5.26 Å². The van der Waals surface area contributed by atoms with Gasteiger partial charge in [-0.05, 0) is 106 Å². The monoisotopic (exact) mass is 567 g/mol. The Labute approximate surface area is 255 Å². The fourth-order valence-corrected chi connectivity index (χ4v) is 7.59. The number of anilines is 2. The van der Waals surface area contributed by atoms with Crippen molar-refractivity contribution in [3.05, 3.63) is 131 Å². The maximum atomic E-state index is 9.63. The van der Waals surface area contributed by atoms with Crippen molar-refractivity contribution in [2.45, 2.75) is 31.2 Å². The molecule has 5 aromatic carbocycles. The third-order valence-corrected chi connectivity index (χ3v) is 9.63. The maximum absolute atomic E-state index is 9.63. The van der Waals surface area contributed by atoms with Crippen LogP contribution in [0.5, 0.6) is 0 Å². The molecule has 6 aromatic rings. The summed E-state index contributed by atoms with van der Waals surface area (Å²) < 4.78 is 6.11. The van der Waals surface area contributed by atoms with E-state index in [0.717, 1.165) is 47.7 Å². The molecular formula is C40H29N3O. The number of aliphatic imine (C=N–C) groups is 1. The molecule has 44 heavy (non-hydrogen) atoms. The summed E-state index contributed by atoms with van der Waals surface area (Å²) in [5.74, 6) is 0.194. The maximum Gasteiger partial charge on any atom is 0.135 e. The number of nitrogens with zero attached hydrogens (tertiary/aromatic N) is 3. The summed E-state index contributed by atoms with van der Waals surface area (Å²) in [7, 11) is 0. The minimum atomic E-state index is 0.194. The lowest BCUT2D eigenvalue weighted by Crippen LogP contribution is -2.33. The van der Waals surface area contributed by atoms with Crippen LogP contribution < -0.4 is 4.90 Å². The van der Waals surface area contributed by atoms with Crippen LogP contribution in [0.3, 0.4) is 0 Å². The van der Waals surface area contributed by atoms with E-state index in [1.54, 1.807) is 0 Å². The molecule has 0 saturated heterocycles. The molecule has 4 nitrogen and oxygen atoms in total. The summed E-state index contributed by atoms with van der Waals surface area (Å²) in [6.07, 6.45) is 9.85. The zero-order valence-electron chi connectivity index (χ0n) is 24.2. The number of nitriles is 1. The lowest BCUT2D eigenvalue weighted by atomic mass is 9.87. The van der Waals surface area contributed by atoms with Crippen LogP contribution in [0.4, 0.5) is 11.4 Å². The van der Waals surface area contributed by atoms with Crippen LogP contribution >= 0.6 is 0 Å². The normalized spacial score (nSPS) is 19.1. The zero-order valence-corrected chi connectivity index (χ0v) is 24.2. The Bertz CT molecular complexity index is 2280. The first kappa shape index (κ1) is 25.1. The van der Waals surface area contributed by atoms with Crippen LogP contribution in [-0.4, -0.2) is 18.8 Å². The Morgan fingerprint density at radius 2 is 1.70 bits per heavy atom. The number of allylic oxidation sites excluding steroid dienone is 4. The van der Waals surface area contributed by atoms with Crippen LogP contribution in [0.25, 0.3) is 43.9 Å².